The molecule has 0 aromatic heterocycles. The van der Waals surface area contributed by atoms with E-state index in [0.717, 1.165) is 5.75 Å². The van der Waals surface area contributed by atoms with E-state index in [1.807, 2.05) is 60.7 Å². The zero-order valence-corrected chi connectivity index (χ0v) is 16.3. The lowest BCUT2D eigenvalue weighted by Gasteiger charge is -2.28. The molecule has 0 aliphatic carbocycles. The van der Waals surface area contributed by atoms with Crippen molar-refractivity contribution in [2.24, 2.45) is 5.41 Å². The molecule has 6 nitrogen and oxygen atoms in total. The number of esters is 2. The largest absolute Gasteiger partial charge is 0.494 e. The van der Waals surface area contributed by atoms with Crippen molar-refractivity contribution in [1.82, 2.24) is 0 Å². The third kappa shape index (κ3) is 5.74. The summed E-state index contributed by atoms with van der Waals surface area (Å²) < 4.78 is 21.2. The van der Waals surface area contributed by atoms with Gasteiger partial charge in [0.25, 0.3) is 0 Å². The lowest BCUT2D eigenvalue weighted by Crippen LogP contribution is -2.42. The summed E-state index contributed by atoms with van der Waals surface area (Å²) >= 11 is 0. The highest BCUT2D eigenvalue weighted by Gasteiger charge is 2.47. The maximum absolute atomic E-state index is 12.5. The van der Waals surface area contributed by atoms with E-state index in [4.69, 9.17) is 18.9 Å². The van der Waals surface area contributed by atoms with Crippen LogP contribution in [0.25, 0.3) is 0 Å². The Balaban J connectivity index is 2.01. The van der Waals surface area contributed by atoms with Gasteiger partial charge in [0.05, 0.1) is 27.4 Å². The summed E-state index contributed by atoms with van der Waals surface area (Å²) in [6.07, 6.45) is 0.855. The first-order chi connectivity index (χ1) is 13.6. The Hall–Kier alpha value is -3.02. The van der Waals surface area contributed by atoms with Crippen LogP contribution in [0.5, 0.6) is 11.5 Å². The Kier molecular flexibility index (Phi) is 8.34. The molecule has 0 saturated heterocycles. The Morgan fingerprint density at radius 3 is 1.64 bits per heavy atom. The molecule has 0 unspecified atom stereocenters. The third-order valence-corrected chi connectivity index (χ3v) is 4.45. The van der Waals surface area contributed by atoms with Gasteiger partial charge < -0.3 is 18.9 Å². The van der Waals surface area contributed by atoms with Gasteiger partial charge in [-0.3, -0.25) is 9.59 Å². The first kappa shape index (κ1) is 21.3. The summed E-state index contributed by atoms with van der Waals surface area (Å²) in [5.74, 6) is 0.140. The quantitative estimate of drug-likeness (QED) is 0.334. The van der Waals surface area contributed by atoms with Gasteiger partial charge in [0.1, 0.15) is 11.5 Å². The van der Waals surface area contributed by atoms with Crippen molar-refractivity contribution in [3.8, 4) is 11.5 Å². The van der Waals surface area contributed by atoms with E-state index in [9.17, 15) is 9.59 Å². The monoisotopic (exact) mass is 386 g/mol. The van der Waals surface area contributed by atoms with E-state index in [-0.39, 0.29) is 19.4 Å². The minimum atomic E-state index is -1.43. The Bertz CT molecular complexity index is 713. The van der Waals surface area contributed by atoms with Crippen LogP contribution < -0.4 is 9.47 Å². The molecule has 0 N–H and O–H groups in total. The van der Waals surface area contributed by atoms with Gasteiger partial charge in [0.15, 0.2) is 5.41 Å². The molecule has 0 amide bonds. The molecule has 28 heavy (non-hydrogen) atoms. The zero-order chi connectivity index (χ0) is 20.2. The molecule has 6 heteroatoms. The number of methoxy groups -OCH3 is 2. The normalized spacial score (nSPS) is 10.8. The van der Waals surface area contributed by atoms with Crippen molar-refractivity contribution in [2.75, 3.05) is 27.4 Å². The number of para-hydroxylation sites is 2. The second-order valence-electron chi connectivity index (χ2n) is 6.24. The number of hydrogen-bond acceptors (Lipinski definition) is 6. The van der Waals surface area contributed by atoms with Crippen LogP contribution in [0.15, 0.2) is 60.7 Å². The van der Waals surface area contributed by atoms with Crippen LogP contribution in [0, 0.1) is 5.41 Å². The molecule has 0 spiro atoms. The second kappa shape index (κ2) is 11.0. The van der Waals surface area contributed by atoms with Crippen molar-refractivity contribution in [3.63, 3.8) is 0 Å². The Labute approximate surface area is 165 Å². The molecule has 0 aliphatic rings. The summed E-state index contributed by atoms with van der Waals surface area (Å²) in [5.41, 5.74) is -1.43. The minimum absolute atomic E-state index is 0.145. The maximum Gasteiger partial charge on any atom is 0.323 e. The standard InChI is InChI=1S/C22H26O6/c1-25-20(23)22(21(24)26-2,15-17-28-19-12-7-4-8-13-19)14-9-16-27-18-10-5-3-6-11-18/h3-8,10-13H,9,14-17H2,1-2H3. The SMILES string of the molecule is COC(=O)C(CCCOc1ccccc1)(CCOc1ccccc1)C(=O)OC. The zero-order valence-electron chi connectivity index (χ0n) is 16.3. The molecular weight excluding hydrogens is 360 g/mol. The molecular formula is C22H26O6. The number of ether oxygens (including phenoxy) is 4. The molecule has 2 rings (SSSR count). The predicted molar refractivity (Wildman–Crippen MR) is 104 cm³/mol. The summed E-state index contributed by atoms with van der Waals surface area (Å²) in [5, 5.41) is 0. The molecule has 0 radical (unpaired) electrons. The van der Waals surface area contributed by atoms with Crippen LogP contribution >= 0.6 is 0 Å². The summed E-state index contributed by atoms with van der Waals surface area (Å²) in [4.78, 5) is 25.0. The van der Waals surface area contributed by atoms with Gasteiger partial charge in [0.2, 0.25) is 0 Å². The molecule has 2 aromatic rings. The fourth-order valence-electron chi connectivity index (χ4n) is 2.95. The first-order valence-corrected chi connectivity index (χ1v) is 9.15. The van der Waals surface area contributed by atoms with Gasteiger partial charge in [-0.15, -0.1) is 0 Å². The third-order valence-electron chi connectivity index (χ3n) is 4.45. The molecule has 0 atom stereocenters. The minimum Gasteiger partial charge on any atom is -0.494 e. The highest BCUT2D eigenvalue weighted by atomic mass is 16.5. The van der Waals surface area contributed by atoms with Gasteiger partial charge in [0, 0.05) is 6.42 Å². The maximum atomic E-state index is 12.5. The second-order valence-corrected chi connectivity index (χ2v) is 6.24. The van der Waals surface area contributed by atoms with Crippen molar-refractivity contribution >= 4 is 11.9 Å². The first-order valence-electron chi connectivity index (χ1n) is 9.15. The van der Waals surface area contributed by atoms with E-state index >= 15 is 0 Å². The van der Waals surface area contributed by atoms with Gasteiger partial charge in [-0.1, -0.05) is 36.4 Å². The molecule has 0 fully saturated rings. The average Bonchev–Trinajstić information content (AvgIpc) is 2.75. The lowest BCUT2D eigenvalue weighted by molar-refractivity contribution is -0.171. The number of carbonyl (C=O) groups is 2. The van der Waals surface area contributed by atoms with Crippen molar-refractivity contribution in [3.05, 3.63) is 60.7 Å². The number of hydrogen-bond donors (Lipinski definition) is 0. The van der Waals surface area contributed by atoms with E-state index in [1.54, 1.807) is 0 Å². The van der Waals surface area contributed by atoms with Crippen LogP contribution in [-0.2, 0) is 19.1 Å². The summed E-state index contributed by atoms with van der Waals surface area (Å²) in [6, 6.07) is 18.6. The van der Waals surface area contributed by atoms with Crippen LogP contribution in [0.4, 0.5) is 0 Å². The molecule has 2 aromatic carbocycles. The van der Waals surface area contributed by atoms with Gasteiger partial charge in [-0.2, -0.15) is 0 Å². The average molecular weight is 386 g/mol. The van der Waals surface area contributed by atoms with E-state index in [0.29, 0.717) is 18.8 Å². The fraction of sp³-hybridized carbons (Fsp3) is 0.364. The van der Waals surface area contributed by atoms with Crippen LogP contribution in [0.2, 0.25) is 0 Å². The molecule has 0 heterocycles. The van der Waals surface area contributed by atoms with Crippen LogP contribution in [-0.4, -0.2) is 39.4 Å². The lowest BCUT2D eigenvalue weighted by atomic mass is 9.80. The van der Waals surface area contributed by atoms with Crippen molar-refractivity contribution in [2.45, 2.75) is 19.3 Å². The topological polar surface area (TPSA) is 71.1 Å². The van der Waals surface area contributed by atoms with Crippen molar-refractivity contribution in [1.29, 1.82) is 0 Å². The summed E-state index contributed by atoms with van der Waals surface area (Å²) in [7, 11) is 2.52. The van der Waals surface area contributed by atoms with E-state index in [1.165, 1.54) is 14.2 Å². The molecule has 0 bridgehead atoms. The van der Waals surface area contributed by atoms with Crippen LogP contribution in [0.1, 0.15) is 19.3 Å². The van der Waals surface area contributed by atoms with E-state index in [2.05, 4.69) is 0 Å². The highest BCUT2D eigenvalue weighted by Crippen LogP contribution is 2.32. The van der Waals surface area contributed by atoms with Crippen molar-refractivity contribution < 1.29 is 28.5 Å². The molecule has 0 aliphatic heterocycles. The fourth-order valence-corrected chi connectivity index (χ4v) is 2.95. The van der Waals surface area contributed by atoms with E-state index < -0.39 is 17.4 Å². The molecule has 150 valence electrons. The van der Waals surface area contributed by atoms with Crippen LogP contribution in [0.3, 0.4) is 0 Å². The van der Waals surface area contributed by atoms with Gasteiger partial charge >= 0.3 is 11.9 Å². The number of rotatable bonds is 11. The number of benzene rings is 2. The predicted octanol–water partition coefficient (Wildman–Crippen LogP) is 3.65. The van der Waals surface area contributed by atoms with Gasteiger partial charge in [-0.05, 0) is 37.1 Å². The Morgan fingerprint density at radius 1 is 0.714 bits per heavy atom. The highest BCUT2D eigenvalue weighted by molar-refractivity contribution is 6.00. The smallest absolute Gasteiger partial charge is 0.323 e. The molecule has 0 saturated carbocycles. The summed E-state index contributed by atoms with van der Waals surface area (Å²) in [6.45, 7) is 0.535. The van der Waals surface area contributed by atoms with Gasteiger partial charge in [-0.25, -0.2) is 0 Å². The Morgan fingerprint density at radius 2 is 1.18 bits per heavy atom. The number of carbonyl (C=O) groups excluding carboxylic acids is 2.